The highest BCUT2D eigenvalue weighted by Crippen LogP contribution is 2.49. The number of carbonyl (C=O) groups is 2. The van der Waals surface area contributed by atoms with Crippen LogP contribution >= 0.6 is 0 Å². The third-order valence-electron chi connectivity index (χ3n) is 5.22. The van der Waals surface area contributed by atoms with Crippen LogP contribution in [-0.4, -0.2) is 34.8 Å². The first-order valence-corrected chi connectivity index (χ1v) is 8.25. The van der Waals surface area contributed by atoms with Gasteiger partial charge in [0.2, 0.25) is 0 Å². The summed E-state index contributed by atoms with van der Waals surface area (Å²) in [6.07, 6.45) is 6.48. The van der Waals surface area contributed by atoms with Gasteiger partial charge in [0.05, 0.1) is 30.3 Å². The molecule has 4 atom stereocenters. The first-order valence-electron chi connectivity index (χ1n) is 8.25. The minimum atomic E-state index is -0.208. The normalized spacial score (nSPS) is 29.6. The van der Waals surface area contributed by atoms with Gasteiger partial charge in [0.1, 0.15) is 0 Å². The van der Waals surface area contributed by atoms with Gasteiger partial charge in [-0.1, -0.05) is 0 Å². The second-order valence-electron chi connectivity index (χ2n) is 7.73. The molecule has 0 aromatic carbocycles. The second kappa shape index (κ2) is 5.65. The predicted octanol–water partition coefficient (Wildman–Crippen LogP) is 1.96. The van der Waals surface area contributed by atoms with Gasteiger partial charge < -0.3 is 10.1 Å². The highest BCUT2D eigenvalue weighted by atomic mass is 16.5. The molecule has 0 spiro atoms. The van der Waals surface area contributed by atoms with E-state index in [0.717, 1.165) is 19.3 Å². The predicted molar refractivity (Wildman–Crippen MR) is 84.8 cm³/mol. The number of rotatable bonds is 3. The summed E-state index contributed by atoms with van der Waals surface area (Å²) >= 11 is 0. The molecule has 1 aromatic heterocycles. The smallest absolute Gasteiger partial charge is 0.311 e. The second-order valence-corrected chi connectivity index (χ2v) is 7.73. The summed E-state index contributed by atoms with van der Waals surface area (Å²) in [6.45, 7) is 6.10. The lowest BCUT2D eigenvalue weighted by molar-refractivity contribution is -0.148. The Morgan fingerprint density at radius 3 is 2.61 bits per heavy atom. The van der Waals surface area contributed by atoms with Gasteiger partial charge in [-0.2, -0.15) is 5.10 Å². The molecule has 0 aliphatic heterocycles. The molecule has 6 nitrogen and oxygen atoms in total. The third kappa shape index (κ3) is 2.86. The Morgan fingerprint density at radius 2 is 2.00 bits per heavy atom. The number of nitrogens with one attached hydrogen (secondary N) is 1. The van der Waals surface area contributed by atoms with Crippen LogP contribution < -0.4 is 5.32 Å². The quantitative estimate of drug-likeness (QED) is 0.864. The lowest BCUT2D eigenvalue weighted by Crippen LogP contribution is -2.47. The molecule has 6 heteroatoms. The minimum Gasteiger partial charge on any atom is -0.469 e. The molecule has 1 aromatic rings. The zero-order valence-electron chi connectivity index (χ0n) is 14.2. The number of methoxy groups -OCH3 is 1. The van der Waals surface area contributed by atoms with E-state index >= 15 is 0 Å². The van der Waals surface area contributed by atoms with Gasteiger partial charge in [0.15, 0.2) is 0 Å². The number of carbonyl (C=O) groups excluding carboxylic acids is 2. The topological polar surface area (TPSA) is 73.2 Å². The molecule has 2 aliphatic carbocycles. The summed E-state index contributed by atoms with van der Waals surface area (Å²) in [5.74, 6) is 0.154. The number of esters is 1. The summed E-state index contributed by atoms with van der Waals surface area (Å²) in [7, 11) is 1.42. The van der Waals surface area contributed by atoms with Crippen LogP contribution in [0, 0.1) is 17.8 Å². The Balaban J connectivity index is 1.74. The molecular weight excluding hydrogens is 294 g/mol. The summed E-state index contributed by atoms with van der Waals surface area (Å²) < 4.78 is 6.72. The monoisotopic (exact) mass is 319 g/mol. The zero-order chi connectivity index (χ0) is 16.8. The maximum Gasteiger partial charge on any atom is 0.311 e. The van der Waals surface area contributed by atoms with Gasteiger partial charge in [-0.3, -0.25) is 14.3 Å². The van der Waals surface area contributed by atoms with E-state index < -0.39 is 0 Å². The van der Waals surface area contributed by atoms with Crippen molar-refractivity contribution in [1.82, 2.24) is 15.1 Å². The van der Waals surface area contributed by atoms with Crippen LogP contribution in [0.5, 0.6) is 0 Å². The molecule has 0 radical (unpaired) electrons. The zero-order valence-corrected chi connectivity index (χ0v) is 14.2. The number of amides is 1. The molecule has 0 saturated heterocycles. The first kappa shape index (κ1) is 16.0. The average Bonchev–Trinajstić information content (AvgIpc) is 3.20. The standard InChI is InChI=1S/C17H25N3O3/c1-17(2,3)20-9-12(8-18-20)15(21)19-14-11-6-5-10(7-11)13(14)16(22)23-4/h8-11,13-14H,5-7H2,1-4H3,(H,19,21). The fraction of sp³-hybridized carbons (Fsp3) is 0.706. The molecule has 1 heterocycles. The number of nitrogens with zero attached hydrogens (tertiary/aromatic N) is 2. The number of fused-ring (bicyclic) bond motifs is 2. The highest BCUT2D eigenvalue weighted by molar-refractivity contribution is 5.94. The summed E-state index contributed by atoms with van der Waals surface area (Å²) in [5.41, 5.74) is 0.366. The van der Waals surface area contributed by atoms with Crippen molar-refractivity contribution in [3.8, 4) is 0 Å². The molecule has 126 valence electrons. The van der Waals surface area contributed by atoms with Crippen LogP contribution in [0.25, 0.3) is 0 Å². The van der Waals surface area contributed by atoms with Gasteiger partial charge >= 0.3 is 5.97 Å². The Kier molecular flexibility index (Phi) is 3.94. The van der Waals surface area contributed by atoms with Crippen molar-refractivity contribution < 1.29 is 14.3 Å². The summed E-state index contributed by atoms with van der Waals surface area (Å²) in [4.78, 5) is 24.6. The van der Waals surface area contributed by atoms with Crippen molar-refractivity contribution >= 4 is 11.9 Å². The first-order chi connectivity index (χ1) is 10.8. The van der Waals surface area contributed by atoms with E-state index in [2.05, 4.69) is 10.4 Å². The Bertz CT molecular complexity index is 617. The van der Waals surface area contributed by atoms with Crippen molar-refractivity contribution in [2.75, 3.05) is 7.11 Å². The summed E-state index contributed by atoms with van der Waals surface area (Å²) in [6, 6.07) is -0.119. The molecule has 2 aliphatic rings. The van der Waals surface area contributed by atoms with E-state index in [-0.39, 0.29) is 29.4 Å². The average molecular weight is 319 g/mol. The Labute approximate surface area is 136 Å². The fourth-order valence-electron chi connectivity index (χ4n) is 4.02. The molecule has 4 unspecified atom stereocenters. The van der Waals surface area contributed by atoms with E-state index in [0.29, 0.717) is 17.4 Å². The third-order valence-corrected chi connectivity index (χ3v) is 5.22. The largest absolute Gasteiger partial charge is 0.469 e. The van der Waals surface area contributed by atoms with E-state index in [1.807, 2.05) is 20.8 Å². The van der Waals surface area contributed by atoms with Gasteiger partial charge in [-0.15, -0.1) is 0 Å². The Hall–Kier alpha value is -1.85. The summed E-state index contributed by atoms with van der Waals surface area (Å²) in [5, 5.41) is 7.33. The minimum absolute atomic E-state index is 0.119. The van der Waals surface area contributed by atoms with Crippen LogP contribution in [0.1, 0.15) is 50.4 Å². The van der Waals surface area contributed by atoms with Crippen molar-refractivity contribution in [2.45, 2.75) is 51.6 Å². The number of aromatic nitrogens is 2. The molecule has 1 amide bonds. The van der Waals surface area contributed by atoms with Gasteiger partial charge in [0, 0.05) is 12.2 Å². The SMILES string of the molecule is COC(=O)C1C2CCC(C2)C1NC(=O)c1cnn(C(C)(C)C)c1. The molecule has 1 N–H and O–H groups in total. The maximum atomic E-state index is 12.6. The molecule has 23 heavy (non-hydrogen) atoms. The van der Waals surface area contributed by atoms with Gasteiger partial charge in [-0.25, -0.2) is 0 Å². The van der Waals surface area contributed by atoms with E-state index in [4.69, 9.17) is 4.74 Å². The van der Waals surface area contributed by atoms with Crippen LogP contribution in [0.2, 0.25) is 0 Å². The van der Waals surface area contributed by atoms with Crippen molar-refractivity contribution in [2.24, 2.45) is 17.8 Å². The van der Waals surface area contributed by atoms with Crippen molar-refractivity contribution in [3.05, 3.63) is 18.0 Å². The van der Waals surface area contributed by atoms with Crippen LogP contribution in [-0.2, 0) is 15.1 Å². The lowest BCUT2D eigenvalue weighted by atomic mass is 9.84. The molecule has 2 fully saturated rings. The Morgan fingerprint density at radius 1 is 1.30 bits per heavy atom. The van der Waals surface area contributed by atoms with Crippen molar-refractivity contribution in [1.29, 1.82) is 0 Å². The fourth-order valence-corrected chi connectivity index (χ4v) is 4.02. The van der Waals surface area contributed by atoms with Gasteiger partial charge in [-0.05, 0) is 51.9 Å². The number of hydrogen-bond donors (Lipinski definition) is 1. The van der Waals surface area contributed by atoms with Crippen molar-refractivity contribution in [3.63, 3.8) is 0 Å². The van der Waals surface area contributed by atoms with E-state index in [1.54, 1.807) is 17.1 Å². The molecule has 3 rings (SSSR count). The van der Waals surface area contributed by atoms with Gasteiger partial charge in [0.25, 0.3) is 5.91 Å². The van der Waals surface area contributed by atoms with Crippen LogP contribution in [0.4, 0.5) is 0 Å². The van der Waals surface area contributed by atoms with E-state index in [9.17, 15) is 9.59 Å². The molecular formula is C17H25N3O3. The van der Waals surface area contributed by atoms with Crippen LogP contribution in [0.15, 0.2) is 12.4 Å². The van der Waals surface area contributed by atoms with E-state index in [1.165, 1.54) is 7.11 Å². The molecule has 2 bridgehead atoms. The van der Waals surface area contributed by atoms with Crippen LogP contribution in [0.3, 0.4) is 0 Å². The lowest BCUT2D eigenvalue weighted by Gasteiger charge is -2.29. The number of ether oxygens (including phenoxy) is 1. The number of hydrogen-bond acceptors (Lipinski definition) is 4. The highest BCUT2D eigenvalue weighted by Gasteiger charge is 2.52. The maximum absolute atomic E-state index is 12.6. The molecule has 2 saturated carbocycles.